The van der Waals surface area contributed by atoms with Crippen molar-refractivity contribution in [3.05, 3.63) is 34.0 Å². The van der Waals surface area contributed by atoms with Gasteiger partial charge < -0.3 is 0 Å². The molecule has 1 aliphatic carbocycles. The number of carbonyl (C=O) groups excluding carboxylic acids is 1. The highest BCUT2D eigenvalue weighted by Gasteiger charge is 2.34. The minimum absolute atomic E-state index is 0.0837. The number of fused-ring (bicyclic) bond motifs is 1. The molecular weight excluding hydrogens is 180 g/mol. The lowest BCUT2D eigenvalue weighted by atomic mass is 9.74. The van der Waals surface area contributed by atoms with Gasteiger partial charge in [-0.2, -0.15) is 0 Å². The van der Waals surface area contributed by atoms with Gasteiger partial charge in [0.15, 0.2) is 5.78 Å². The first-order chi connectivity index (χ1) is 6.02. The van der Waals surface area contributed by atoms with Crippen LogP contribution in [0.5, 0.6) is 0 Å². The Morgan fingerprint density at radius 1 is 1.54 bits per heavy atom. The third-order valence-corrected chi connectivity index (χ3v) is 3.49. The van der Waals surface area contributed by atoms with E-state index in [1.807, 2.05) is 5.38 Å². The summed E-state index contributed by atoms with van der Waals surface area (Å²) in [6.07, 6.45) is 0.787. The van der Waals surface area contributed by atoms with E-state index in [2.05, 4.69) is 26.5 Å². The largest absolute Gasteiger partial charge is 0.288 e. The first kappa shape index (κ1) is 8.70. The van der Waals surface area contributed by atoms with Crippen LogP contribution in [0.15, 0.2) is 23.6 Å². The van der Waals surface area contributed by atoms with E-state index in [4.69, 9.17) is 0 Å². The van der Waals surface area contributed by atoms with Gasteiger partial charge in [-0.25, -0.2) is 0 Å². The maximum Gasteiger partial charge on any atom is 0.198 e. The van der Waals surface area contributed by atoms with Gasteiger partial charge in [-0.15, -0.1) is 11.3 Å². The zero-order chi connectivity index (χ0) is 9.64. The molecule has 0 bridgehead atoms. The summed E-state index contributed by atoms with van der Waals surface area (Å²) in [4.78, 5) is 12.6. The standard InChI is InChI=1S/C11H12OS/c1-7-6-11(2,3)8-4-5-13-10(8)9(7)12/h4-5H,1,6H2,2-3H3. The van der Waals surface area contributed by atoms with Crippen molar-refractivity contribution in [1.29, 1.82) is 0 Å². The van der Waals surface area contributed by atoms with Gasteiger partial charge in [0.2, 0.25) is 0 Å². The summed E-state index contributed by atoms with van der Waals surface area (Å²) >= 11 is 1.53. The zero-order valence-electron chi connectivity index (χ0n) is 7.89. The Bertz CT molecular complexity index is 385. The first-order valence-corrected chi connectivity index (χ1v) is 5.21. The summed E-state index contributed by atoms with van der Waals surface area (Å²) in [5, 5.41) is 1.99. The van der Waals surface area contributed by atoms with Crippen LogP contribution in [0.1, 0.15) is 35.5 Å². The van der Waals surface area contributed by atoms with Crippen LogP contribution in [0, 0.1) is 0 Å². The molecule has 0 aliphatic heterocycles. The smallest absolute Gasteiger partial charge is 0.198 e. The minimum atomic E-state index is 0.0837. The number of hydrogen-bond acceptors (Lipinski definition) is 2. The van der Waals surface area contributed by atoms with Gasteiger partial charge in [-0.05, 0) is 34.4 Å². The molecule has 0 fully saturated rings. The van der Waals surface area contributed by atoms with E-state index in [9.17, 15) is 4.79 Å². The Kier molecular flexibility index (Phi) is 1.70. The minimum Gasteiger partial charge on any atom is -0.288 e. The molecule has 2 rings (SSSR count). The maximum atomic E-state index is 11.7. The van der Waals surface area contributed by atoms with E-state index in [1.165, 1.54) is 16.9 Å². The zero-order valence-corrected chi connectivity index (χ0v) is 8.70. The van der Waals surface area contributed by atoms with Crippen molar-refractivity contribution in [3.63, 3.8) is 0 Å². The monoisotopic (exact) mass is 192 g/mol. The molecule has 0 unspecified atom stereocenters. The molecule has 1 nitrogen and oxygen atoms in total. The van der Waals surface area contributed by atoms with E-state index in [-0.39, 0.29) is 11.2 Å². The van der Waals surface area contributed by atoms with Crippen LogP contribution in [0.3, 0.4) is 0 Å². The van der Waals surface area contributed by atoms with Crippen LogP contribution in [0.4, 0.5) is 0 Å². The topological polar surface area (TPSA) is 17.1 Å². The van der Waals surface area contributed by atoms with E-state index in [0.717, 1.165) is 16.9 Å². The molecule has 0 aromatic carbocycles. The fourth-order valence-corrected chi connectivity index (χ4v) is 2.95. The van der Waals surface area contributed by atoms with E-state index >= 15 is 0 Å². The second-order valence-corrected chi connectivity index (χ2v) is 5.07. The van der Waals surface area contributed by atoms with Crippen molar-refractivity contribution in [3.8, 4) is 0 Å². The van der Waals surface area contributed by atoms with Gasteiger partial charge >= 0.3 is 0 Å². The van der Waals surface area contributed by atoms with Crippen LogP contribution in [0.2, 0.25) is 0 Å². The van der Waals surface area contributed by atoms with Crippen LogP contribution in [0.25, 0.3) is 0 Å². The van der Waals surface area contributed by atoms with Crippen LogP contribution >= 0.6 is 11.3 Å². The van der Waals surface area contributed by atoms with E-state index in [1.54, 1.807) is 0 Å². The fourth-order valence-electron chi connectivity index (χ4n) is 1.89. The number of ketones is 1. The Morgan fingerprint density at radius 2 is 2.23 bits per heavy atom. The fraction of sp³-hybridized carbons (Fsp3) is 0.364. The van der Waals surface area contributed by atoms with Crippen LogP contribution in [-0.4, -0.2) is 5.78 Å². The molecule has 1 heterocycles. The number of Topliss-reactive ketones (excluding diaryl/α,β-unsaturated/α-hetero) is 1. The van der Waals surface area contributed by atoms with Gasteiger partial charge in [-0.1, -0.05) is 20.4 Å². The Morgan fingerprint density at radius 3 is 2.92 bits per heavy atom. The molecule has 2 heteroatoms. The van der Waals surface area contributed by atoms with Crippen molar-refractivity contribution in [1.82, 2.24) is 0 Å². The third-order valence-electron chi connectivity index (χ3n) is 2.58. The molecule has 0 amide bonds. The number of carbonyl (C=O) groups is 1. The highest BCUT2D eigenvalue weighted by molar-refractivity contribution is 7.12. The predicted octanol–water partition coefficient (Wildman–Crippen LogP) is 3.17. The van der Waals surface area contributed by atoms with E-state index < -0.39 is 0 Å². The van der Waals surface area contributed by atoms with Gasteiger partial charge in [0.25, 0.3) is 0 Å². The lowest BCUT2D eigenvalue weighted by Gasteiger charge is -2.30. The van der Waals surface area contributed by atoms with Crippen molar-refractivity contribution in [2.75, 3.05) is 0 Å². The summed E-state index contributed by atoms with van der Waals surface area (Å²) in [5.74, 6) is 0.143. The molecule has 0 spiro atoms. The molecule has 1 aromatic rings. The van der Waals surface area contributed by atoms with Gasteiger partial charge in [0, 0.05) is 0 Å². The highest BCUT2D eigenvalue weighted by Crippen LogP contribution is 2.40. The molecule has 1 aliphatic rings. The number of thiophene rings is 1. The summed E-state index contributed by atoms with van der Waals surface area (Å²) in [5.41, 5.74) is 2.02. The van der Waals surface area contributed by atoms with Gasteiger partial charge in [0.1, 0.15) is 0 Å². The lowest BCUT2D eigenvalue weighted by molar-refractivity contribution is 0.102. The van der Waals surface area contributed by atoms with Crippen LogP contribution < -0.4 is 0 Å². The predicted molar refractivity (Wildman–Crippen MR) is 55.4 cm³/mol. The maximum absolute atomic E-state index is 11.7. The molecular formula is C11H12OS. The molecule has 0 saturated carbocycles. The number of hydrogen-bond donors (Lipinski definition) is 0. The van der Waals surface area contributed by atoms with E-state index in [0.29, 0.717) is 0 Å². The molecule has 0 saturated heterocycles. The van der Waals surface area contributed by atoms with Gasteiger partial charge in [-0.3, -0.25) is 4.79 Å². The molecule has 68 valence electrons. The third kappa shape index (κ3) is 1.17. The highest BCUT2D eigenvalue weighted by atomic mass is 32.1. The second kappa shape index (κ2) is 2.55. The van der Waals surface area contributed by atoms with Crippen molar-refractivity contribution in [2.24, 2.45) is 0 Å². The Labute approximate surface area is 82.1 Å². The molecule has 0 N–H and O–H groups in total. The average molecular weight is 192 g/mol. The van der Waals surface area contributed by atoms with Crippen molar-refractivity contribution in [2.45, 2.75) is 25.7 Å². The van der Waals surface area contributed by atoms with Crippen molar-refractivity contribution >= 4 is 17.1 Å². The molecule has 13 heavy (non-hydrogen) atoms. The number of rotatable bonds is 0. The number of allylic oxidation sites excluding steroid dienone is 1. The summed E-state index contributed by atoms with van der Waals surface area (Å²) in [7, 11) is 0. The quantitative estimate of drug-likeness (QED) is 0.577. The van der Waals surface area contributed by atoms with Crippen LogP contribution in [-0.2, 0) is 5.41 Å². The Hall–Kier alpha value is -0.890. The lowest BCUT2D eigenvalue weighted by Crippen LogP contribution is -2.27. The average Bonchev–Trinajstić information content (AvgIpc) is 2.48. The Balaban J connectivity index is 2.64. The SMILES string of the molecule is C=C1CC(C)(C)c2ccsc2C1=O. The normalized spacial score (nSPS) is 20.2. The van der Waals surface area contributed by atoms with Gasteiger partial charge in [0.05, 0.1) is 4.88 Å². The summed E-state index contributed by atoms with van der Waals surface area (Å²) in [6, 6.07) is 2.06. The molecule has 0 atom stereocenters. The molecule has 1 aromatic heterocycles. The summed E-state index contributed by atoms with van der Waals surface area (Å²) < 4.78 is 0. The van der Waals surface area contributed by atoms with Crippen molar-refractivity contribution < 1.29 is 4.79 Å². The second-order valence-electron chi connectivity index (χ2n) is 4.16. The molecule has 0 radical (unpaired) electrons. The summed E-state index contributed by atoms with van der Waals surface area (Å²) in [6.45, 7) is 8.15. The first-order valence-electron chi connectivity index (χ1n) is 4.33.